The third-order valence-electron chi connectivity index (χ3n) is 4.65. The Morgan fingerprint density at radius 2 is 1.85 bits per heavy atom. The van der Waals surface area contributed by atoms with Crippen LogP contribution in [0, 0.1) is 17.1 Å². The summed E-state index contributed by atoms with van der Waals surface area (Å²) in [6.45, 7) is 7.31. The van der Waals surface area contributed by atoms with Gasteiger partial charge in [-0.25, -0.2) is 4.39 Å². The first-order valence-corrected chi connectivity index (χ1v) is 8.69. The van der Waals surface area contributed by atoms with Crippen molar-refractivity contribution in [2.75, 3.05) is 42.9 Å². The van der Waals surface area contributed by atoms with Crippen molar-refractivity contribution in [3.63, 3.8) is 0 Å². The lowest BCUT2D eigenvalue weighted by Crippen LogP contribution is -2.46. The van der Waals surface area contributed by atoms with Crippen molar-refractivity contribution >= 4 is 17.3 Å². The number of nitrogens with zero attached hydrogens (tertiary/aromatic N) is 3. The largest absolute Gasteiger partial charge is 0.369 e. The highest BCUT2D eigenvalue weighted by Crippen LogP contribution is 2.20. The standard InChI is InChI=1S/C20H21FN4O/c1-2-24-9-11-25(12-10-24)17-6-4-16(5-7-17)23-20(26)18-8-3-15(14-22)13-19(18)21/h3-8,13H,2,9-12H2,1H3,(H,23,26). The van der Waals surface area contributed by atoms with E-state index in [0.717, 1.165) is 44.5 Å². The Hall–Kier alpha value is -2.91. The molecular formula is C20H21FN4O. The molecule has 1 aliphatic rings. The third-order valence-corrected chi connectivity index (χ3v) is 4.65. The maximum Gasteiger partial charge on any atom is 0.258 e. The molecule has 26 heavy (non-hydrogen) atoms. The maximum absolute atomic E-state index is 13.9. The summed E-state index contributed by atoms with van der Waals surface area (Å²) in [6, 6.07) is 13.2. The number of piperazine rings is 1. The van der Waals surface area contributed by atoms with Crippen LogP contribution in [-0.4, -0.2) is 43.5 Å². The number of nitrogens with one attached hydrogen (secondary N) is 1. The molecule has 0 aromatic heterocycles. The second-order valence-corrected chi connectivity index (χ2v) is 6.23. The van der Waals surface area contributed by atoms with Gasteiger partial charge in [-0.3, -0.25) is 4.79 Å². The van der Waals surface area contributed by atoms with E-state index in [9.17, 15) is 9.18 Å². The van der Waals surface area contributed by atoms with E-state index in [1.165, 1.54) is 12.1 Å². The first kappa shape index (κ1) is 17.9. The number of likely N-dealkylation sites (N-methyl/N-ethyl adjacent to an activating group) is 1. The van der Waals surface area contributed by atoms with Crippen LogP contribution in [0.5, 0.6) is 0 Å². The second-order valence-electron chi connectivity index (χ2n) is 6.23. The van der Waals surface area contributed by atoms with E-state index in [1.54, 1.807) is 0 Å². The summed E-state index contributed by atoms with van der Waals surface area (Å²) in [6.07, 6.45) is 0. The normalized spacial score (nSPS) is 14.7. The summed E-state index contributed by atoms with van der Waals surface area (Å²) < 4.78 is 13.9. The van der Waals surface area contributed by atoms with Gasteiger partial charge in [0.05, 0.1) is 17.2 Å². The predicted octanol–water partition coefficient (Wildman–Crippen LogP) is 3.09. The van der Waals surface area contributed by atoms with Crippen LogP contribution < -0.4 is 10.2 Å². The van der Waals surface area contributed by atoms with Gasteiger partial charge in [0.1, 0.15) is 5.82 Å². The number of benzene rings is 2. The van der Waals surface area contributed by atoms with Crippen molar-refractivity contribution in [1.82, 2.24) is 4.90 Å². The van der Waals surface area contributed by atoms with Gasteiger partial charge < -0.3 is 15.1 Å². The number of halogens is 1. The number of carbonyl (C=O) groups is 1. The Morgan fingerprint density at radius 3 is 2.42 bits per heavy atom. The van der Waals surface area contributed by atoms with E-state index in [2.05, 4.69) is 22.0 Å². The molecule has 2 aromatic rings. The summed E-state index contributed by atoms with van der Waals surface area (Å²) in [7, 11) is 0. The quantitative estimate of drug-likeness (QED) is 0.919. The van der Waals surface area contributed by atoms with Gasteiger partial charge in [-0.05, 0) is 49.0 Å². The Kier molecular flexibility index (Phi) is 5.49. The van der Waals surface area contributed by atoms with Gasteiger partial charge in [-0.15, -0.1) is 0 Å². The fourth-order valence-electron chi connectivity index (χ4n) is 3.05. The van der Waals surface area contributed by atoms with E-state index in [0.29, 0.717) is 5.69 Å². The monoisotopic (exact) mass is 352 g/mol. The van der Waals surface area contributed by atoms with Crippen LogP contribution in [0.25, 0.3) is 0 Å². The maximum atomic E-state index is 13.9. The van der Waals surface area contributed by atoms with Gasteiger partial charge in [0.25, 0.3) is 5.91 Å². The Labute approximate surface area is 152 Å². The molecule has 0 unspecified atom stereocenters. The van der Waals surface area contributed by atoms with E-state index in [-0.39, 0.29) is 11.1 Å². The van der Waals surface area contributed by atoms with Gasteiger partial charge in [-0.1, -0.05) is 6.92 Å². The molecule has 1 amide bonds. The highest BCUT2D eigenvalue weighted by atomic mass is 19.1. The lowest BCUT2D eigenvalue weighted by Gasteiger charge is -2.35. The molecule has 5 nitrogen and oxygen atoms in total. The Bertz CT molecular complexity index is 821. The minimum absolute atomic E-state index is 0.0798. The average molecular weight is 352 g/mol. The van der Waals surface area contributed by atoms with Crippen molar-refractivity contribution in [3.8, 4) is 6.07 Å². The molecule has 1 fully saturated rings. The number of amides is 1. The van der Waals surface area contributed by atoms with Crippen molar-refractivity contribution in [2.24, 2.45) is 0 Å². The molecular weight excluding hydrogens is 331 g/mol. The zero-order valence-corrected chi connectivity index (χ0v) is 14.7. The number of hydrogen-bond donors (Lipinski definition) is 1. The minimum atomic E-state index is -0.702. The van der Waals surface area contributed by atoms with Gasteiger partial charge in [0.2, 0.25) is 0 Å². The molecule has 1 heterocycles. The van der Waals surface area contributed by atoms with Crippen LogP contribution >= 0.6 is 0 Å². The fraction of sp³-hybridized carbons (Fsp3) is 0.300. The second kappa shape index (κ2) is 7.98. The Balaban J connectivity index is 1.64. The zero-order chi connectivity index (χ0) is 18.5. The van der Waals surface area contributed by atoms with Crippen LogP contribution in [0.1, 0.15) is 22.8 Å². The number of rotatable bonds is 4. The SMILES string of the molecule is CCN1CCN(c2ccc(NC(=O)c3ccc(C#N)cc3F)cc2)CC1. The topological polar surface area (TPSA) is 59.4 Å². The van der Waals surface area contributed by atoms with Crippen molar-refractivity contribution < 1.29 is 9.18 Å². The molecule has 3 rings (SSSR count). The molecule has 0 saturated carbocycles. The third kappa shape index (κ3) is 4.01. The summed E-state index contributed by atoms with van der Waals surface area (Å²) >= 11 is 0. The van der Waals surface area contributed by atoms with Gasteiger partial charge >= 0.3 is 0 Å². The Morgan fingerprint density at radius 1 is 1.15 bits per heavy atom. The zero-order valence-electron chi connectivity index (χ0n) is 14.7. The highest BCUT2D eigenvalue weighted by Gasteiger charge is 2.16. The summed E-state index contributed by atoms with van der Waals surface area (Å²) in [5, 5.41) is 11.5. The van der Waals surface area contributed by atoms with Crippen molar-refractivity contribution in [3.05, 3.63) is 59.4 Å². The van der Waals surface area contributed by atoms with Crippen LogP contribution in [0.2, 0.25) is 0 Å². The molecule has 1 aliphatic heterocycles. The molecule has 2 aromatic carbocycles. The summed E-state index contributed by atoms with van der Waals surface area (Å²) in [5.41, 5.74) is 1.83. The summed E-state index contributed by atoms with van der Waals surface area (Å²) in [5.74, 6) is -1.23. The lowest BCUT2D eigenvalue weighted by molar-refractivity contribution is 0.102. The van der Waals surface area contributed by atoms with Crippen LogP contribution in [0.15, 0.2) is 42.5 Å². The molecule has 1 saturated heterocycles. The van der Waals surface area contributed by atoms with Crippen LogP contribution in [0.3, 0.4) is 0 Å². The minimum Gasteiger partial charge on any atom is -0.369 e. The highest BCUT2D eigenvalue weighted by molar-refractivity contribution is 6.04. The molecule has 0 radical (unpaired) electrons. The number of hydrogen-bond acceptors (Lipinski definition) is 4. The number of nitriles is 1. The molecule has 0 atom stereocenters. The van der Waals surface area contributed by atoms with Gasteiger partial charge in [0, 0.05) is 37.6 Å². The van der Waals surface area contributed by atoms with Gasteiger partial charge in [0.15, 0.2) is 0 Å². The first-order chi connectivity index (χ1) is 12.6. The van der Waals surface area contributed by atoms with E-state index in [1.807, 2.05) is 30.3 Å². The predicted molar refractivity (Wildman–Crippen MR) is 99.8 cm³/mol. The van der Waals surface area contributed by atoms with Gasteiger partial charge in [-0.2, -0.15) is 5.26 Å². The molecule has 1 N–H and O–H groups in total. The summed E-state index contributed by atoms with van der Waals surface area (Å²) in [4.78, 5) is 17.0. The number of anilines is 2. The molecule has 6 heteroatoms. The molecule has 0 bridgehead atoms. The van der Waals surface area contributed by atoms with Crippen LogP contribution in [-0.2, 0) is 0 Å². The molecule has 134 valence electrons. The van der Waals surface area contributed by atoms with E-state index in [4.69, 9.17) is 5.26 Å². The van der Waals surface area contributed by atoms with Crippen molar-refractivity contribution in [1.29, 1.82) is 5.26 Å². The lowest BCUT2D eigenvalue weighted by atomic mass is 10.1. The van der Waals surface area contributed by atoms with E-state index < -0.39 is 11.7 Å². The van der Waals surface area contributed by atoms with Crippen molar-refractivity contribution in [2.45, 2.75) is 6.92 Å². The average Bonchev–Trinajstić information content (AvgIpc) is 2.68. The molecule has 0 aliphatic carbocycles. The first-order valence-electron chi connectivity index (χ1n) is 8.69. The van der Waals surface area contributed by atoms with Crippen LogP contribution in [0.4, 0.5) is 15.8 Å². The molecule has 0 spiro atoms. The smallest absolute Gasteiger partial charge is 0.258 e. The fourth-order valence-corrected chi connectivity index (χ4v) is 3.05. The van der Waals surface area contributed by atoms with E-state index >= 15 is 0 Å². The number of carbonyl (C=O) groups excluding carboxylic acids is 1.